The summed E-state index contributed by atoms with van der Waals surface area (Å²) >= 11 is 1.50. The molecule has 0 spiro atoms. The van der Waals surface area contributed by atoms with Gasteiger partial charge in [0.1, 0.15) is 11.2 Å². The third kappa shape index (κ3) is 4.06. The van der Waals surface area contributed by atoms with Crippen LogP contribution in [0.5, 0.6) is 5.75 Å². The fourth-order valence-corrected chi connectivity index (χ4v) is 4.47. The van der Waals surface area contributed by atoms with Gasteiger partial charge >= 0.3 is 0 Å². The van der Waals surface area contributed by atoms with Crippen molar-refractivity contribution >= 4 is 29.2 Å². The topological polar surface area (TPSA) is 38.4 Å². The van der Waals surface area contributed by atoms with Crippen molar-refractivity contribution in [1.82, 2.24) is 4.57 Å². The average molecular weight is 442 g/mol. The van der Waals surface area contributed by atoms with Gasteiger partial charge in [-0.3, -0.25) is 9.36 Å². The summed E-state index contributed by atoms with van der Waals surface area (Å²) in [6.07, 6.45) is 7.85. The molecule has 1 aromatic carbocycles. The first-order valence-electron chi connectivity index (χ1n) is 9.74. The molecule has 2 aromatic heterocycles. The minimum absolute atomic E-state index is 0. The molecule has 0 atom stereocenters. The molecule has 0 bridgehead atoms. The second-order valence-electron chi connectivity index (χ2n) is 6.71. The van der Waals surface area contributed by atoms with Crippen molar-refractivity contribution < 1.29 is 21.7 Å². The van der Waals surface area contributed by atoms with Gasteiger partial charge in [-0.25, -0.2) is 0 Å². The number of para-hydroxylation sites is 2. The van der Waals surface area contributed by atoms with Crippen LogP contribution in [-0.4, -0.2) is 11.6 Å². The van der Waals surface area contributed by atoms with E-state index in [0.29, 0.717) is 17.0 Å². The predicted molar refractivity (Wildman–Crippen MR) is 117 cm³/mol. The fraction of sp³-hybridized carbons (Fsp3) is 0.217. The summed E-state index contributed by atoms with van der Waals surface area (Å²) in [5.41, 5.74) is 2.13. The second-order valence-corrected chi connectivity index (χ2v) is 7.77. The lowest BCUT2D eigenvalue weighted by molar-refractivity contribution is -0.695. The van der Waals surface area contributed by atoms with Crippen LogP contribution in [0.15, 0.2) is 65.4 Å². The first-order chi connectivity index (χ1) is 14.1. The summed E-state index contributed by atoms with van der Waals surface area (Å²) < 4.78 is 11.5. The van der Waals surface area contributed by atoms with E-state index < -0.39 is 0 Å². The smallest absolute Gasteiger partial charge is 0.269 e. The Hall–Kier alpha value is -2.83. The molecule has 0 amide bonds. The van der Waals surface area contributed by atoms with E-state index in [-0.39, 0.29) is 18.0 Å². The van der Waals surface area contributed by atoms with Gasteiger partial charge < -0.3 is 22.0 Å². The predicted octanol–water partition coefficient (Wildman–Crippen LogP) is -0.779. The van der Waals surface area contributed by atoms with Crippen molar-refractivity contribution in [3.63, 3.8) is 0 Å². The van der Waals surface area contributed by atoms with Crippen molar-refractivity contribution in [3.8, 4) is 5.75 Å². The molecule has 0 radical (unpaired) electrons. The Morgan fingerprint density at radius 3 is 2.60 bits per heavy atom. The van der Waals surface area contributed by atoms with E-state index in [0.717, 1.165) is 28.3 Å². The molecule has 3 aromatic rings. The number of nitrogens with zero attached hydrogens (tertiary/aromatic N) is 3. The number of aromatic nitrogens is 2. The number of hydrogen-bond donors (Lipinski definition) is 0. The Balaban J connectivity index is 0.00000256. The number of halogens is 1. The van der Waals surface area contributed by atoms with Crippen LogP contribution < -0.4 is 41.4 Å². The maximum absolute atomic E-state index is 12.9. The number of hydrogen-bond acceptors (Lipinski definition) is 4. The van der Waals surface area contributed by atoms with Crippen LogP contribution in [0.3, 0.4) is 0 Å². The first-order valence-corrected chi connectivity index (χ1v) is 10.6. The molecular formula is C23H24ClN3O2S. The molecule has 5 nitrogen and oxygen atoms in total. The largest absolute Gasteiger partial charge is 1.00 e. The Bertz CT molecular complexity index is 1260. The number of allylic oxidation sites excluding steroid dienone is 1. The van der Waals surface area contributed by atoms with Crippen molar-refractivity contribution in [2.45, 2.75) is 26.9 Å². The average Bonchev–Trinajstić information content (AvgIpc) is 3.23. The van der Waals surface area contributed by atoms with Gasteiger partial charge in [-0.2, -0.15) is 4.57 Å². The molecule has 0 unspecified atom stereocenters. The molecule has 156 valence electrons. The quantitative estimate of drug-likeness (QED) is 0.499. The van der Waals surface area contributed by atoms with Crippen LogP contribution in [0.25, 0.3) is 12.2 Å². The lowest BCUT2D eigenvalue weighted by Crippen LogP contribution is -3.00. The molecule has 30 heavy (non-hydrogen) atoms. The van der Waals surface area contributed by atoms with Gasteiger partial charge in [-0.05, 0) is 38.1 Å². The number of fused-ring (bicyclic) bond motifs is 1. The normalized spacial score (nSPS) is 15.3. The third-order valence-corrected chi connectivity index (χ3v) is 6.07. The third-order valence-electron chi connectivity index (χ3n) is 4.99. The highest BCUT2D eigenvalue weighted by Gasteiger charge is 2.21. The number of anilines is 1. The zero-order valence-corrected chi connectivity index (χ0v) is 18.8. The SMILES string of the molecule is CCn1c(=O)/c(=C/C=C2\Oc3ccccc3N2C)s/c1=C\c1cccc[n+]1CC.[Cl-]. The van der Waals surface area contributed by atoms with Crippen LogP contribution >= 0.6 is 11.3 Å². The van der Waals surface area contributed by atoms with Crippen molar-refractivity contribution in [3.05, 3.63) is 85.9 Å². The van der Waals surface area contributed by atoms with Gasteiger partial charge in [0, 0.05) is 37.9 Å². The molecule has 7 heteroatoms. The number of rotatable bonds is 4. The highest BCUT2D eigenvalue weighted by Crippen LogP contribution is 2.37. The standard InChI is InChI=1S/C23H24N3O2S.ClH/c1-4-25-15-9-8-10-17(25)16-22-26(5-2)23(27)20(29-22)13-14-21-24(3)18-11-6-7-12-19(18)28-21;/h6-16H,4-5H2,1-3H3;1H/q+1;/p-1/b20-13-,21-14-;. The molecule has 0 fully saturated rings. The van der Waals surface area contributed by atoms with Gasteiger partial charge in [-0.1, -0.05) is 12.1 Å². The maximum atomic E-state index is 12.9. The first kappa shape index (κ1) is 21.9. The number of ether oxygens (including phenoxy) is 1. The van der Waals surface area contributed by atoms with Crippen molar-refractivity contribution in [1.29, 1.82) is 0 Å². The summed E-state index contributed by atoms with van der Waals surface area (Å²) in [6.45, 7) is 5.62. The fourth-order valence-electron chi connectivity index (χ4n) is 3.40. The van der Waals surface area contributed by atoms with Gasteiger partial charge in [0.05, 0.1) is 10.2 Å². The second kappa shape index (κ2) is 9.32. The molecule has 0 N–H and O–H groups in total. The molecule has 0 saturated carbocycles. The van der Waals surface area contributed by atoms with Gasteiger partial charge in [0.25, 0.3) is 5.56 Å². The zero-order valence-electron chi connectivity index (χ0n) is 17.2. The van der Waals surface area contributed by atoms with Gasteiger partial charge in [0.15, 0.2) is 17.8 Å². The molecule has 1 aliphatic heterocycles. The molecule has 4 rings (SSSR count). The van der Waals surface area contributed by atoms with Gasteiger partial charge in [0.2, 0.25) is 5.69 Å². The van der Waals surface area contributed by atoms with Crippen molar-refractivity contribution in [2.75, 3.05) is 11.9 Å². The highest BCUT2D eigenvalue weighted by atomic mass is 35.5. The molecule has 0 saturated heterocycles. The van der Waals surface area contributed by atoms with E-state index in [1.54, 1.807) is 0 Å². The van der Waals surface area contributed by atoms with Crippen LogP contribution in [0.2, 0.25) is 0 Å². The number of pyridine rings is 1. The number of thiazole rings is 1. The lowest BCUT2D eigenvalue weighted by Gasteiger charge is -2.09. The van der Waals surface area contributed by atoms with E-state index in [1.807, 2.05) is 72.0 Å². The Morgan fingerprint density at radius 2 is 1.87 bits per heavy atom. The van der Waals surface area contributed by atoms with E-state index in [2.05, 4.69) is 29.8 Å². The zero-order chi connectivity index (χ0) is 20.4. The van der Waals surface area contributed by atoms with E-state index in [4.69, 9.17) is 4.74 Å². The van der Waals surface area contributed by atoms with E-state index >= 15 is 0 Å². The van der Waals surface area contributed by atoms with Crippen molar-refractivity contribution in [2.24, 2.45) is 0 Å². The highest BCUT2D eigenvalue weighted by molar-refractivity contribution is 7.07. The van der Waals surface area contributed by atoms with Crippen LogP contribution in [0.1, 0.15) is 19.5 Å². The van der Waals surface area contributed by atoms with Gasteiger partial charge in [-0.15, -0.1) is 11.3 Å². The summed E-state index contributed by atoms with van der Waals surface area (Å²) in [6, 6.07) is 14.0. The molecule has 3 heterocycles. The van der Waals surface area contributed by atoms with E-state index in [1.165, 1.54) is 11.3 Å². The lowest BCUT2D eigenvalue weighted by atomic mass is 10.3. The molecular weight excluding hydrogens is 418 g/mol. The van der Waals surface area contributed by atoms with Crippen LogP contribution in [0.4, 0.5) is 5.69 Å². The summed E-state index contributed by atoms with van der Waals surface area (Å²) in [5, 5.41) is 0. The maximum Gasteiger partial charge on any atom is 0.269 e. The number of benzene rings is 1. The molecule has 1 aliphatic rings. The minimum Gasteiger partial charge on any atom is -1.00 e. The Morgan fingerprint density at radius 1 is 1.10 bits per heavy atom. The summed E-state index contributed by atoms with van der Waals surface area (Å²) in [7, 11) is 1.96. The Kier molecular flexibility index (Phi) is 6.80. The van der Waals surface area contributed by atoms with Crippen LogP contribution in [-0.2, 0) is 13.1 Å². The Labute approximate surface area is 185 Å². The summed E-state index contributed by atoms with van der Waals surface area (Å²) in [4.78, 5) is 14.9. The number of aryl methyl sites for hydroxylation is 1. The van der Waals surface area contributed by atoms with Crippen LogP contribution in [0, 0.1) is 0 Å². The van der Waals surface area contributed by atoms with E-state index in [9.17, 15) is 4.79 Å². The summed E-state index contributed by atoms with van der Waals surface area (Å²) in [5.74, 6) is 1.54. The molecule has 0 aliphatic carbocycles. The monoisotopic (exact) mass is 441 g/mol. The minimum atomic E-state index is 0.